The molecule has 7 nitrogen and oxygen atoms in total. The molecule has 0 radical (unpaired) electrons. The zero-order chi connectivity index (χ0) is 20.9. The number of sulfonamides is 1. The third-order valence-electron chi connectivity index (χ3n) is 5.18. The molecule has 0 bridgehead atoms. The molecule has 1 aromatic heterocycles. The van der Waals surface area contributed by atoms with E-state index in [1.165, 1.54) is 12.1 Å². The maximum absolute atomic E-state index is 12.8. The second-order valence-corrected chi connectivity index (χ2v) is 9.79. The van der Waals surface area contributed by atoms with Crippen LogP contribution in [0.2, 0.25) is 0 Å². The van der Waals surface area contributed by atoms with Crippen LogP contribution < -0.4 is 10.5 Å². The van der Waals surface area contributed by atoms with E-state index in [0.717, 1.165) is 11.3 Å². The van der Waals surface area contributed by atoms with E-state index in [1.54, 1.807) is 26.0 Å². The number of nitrogens with one attached hydrogen (secondary N) is 2. The summed E-state index contributed by atoms with van der Waals surface area (Å²) in [5, 5.41) is 8.00. The number of benzene rings is 1. The van der Waals surface area contributed by atoms with Gasteiger partial charge in [0.1, 0.15) is 5.69 Å². The first kappa shape index (κ1) is 20.3. The predicted octanol–water partition coefficient (Wildman–Crippen LogP) is 2.62. The Morgan fingerprint density at radius 1 is 1.21 bits per heavy atom. The number of nitrogens with two attached hydrogens (primary N) is 1. The van der Waals surface area contributed by atoms with Crippen LogP contribution in [0.5, 0.6) is 0 Å². The summed E-state index contributed by atoms with van der Waals surface area (Å²) in [5.74, 6) is -0.244. The fourth-order valence-electron chi connectivity index (χ4n) is 3.76. The van der Waals surface area contributed by atoms with Gasteiger partial charge in [0.25, 0.3) is 5.91 Å². The number of primary sulfonamides is 1. The monoisotopic (exact) mass is 403 g/mol. The molecule has 4 N–H and O–H groups in total. The summed E-state index contributed by atoms with van der Waals surface area (Å²) in [5.41, 5.74) is 3.12. The van der Waals surface area contributed by atoms with Crippen LogP contribution >= 0.6 is 0 Å². The van der Waals surface area contributed by atoms with Gasteiger partial charge in [-0.3, -0.25) is 9.59 Å². The topological polar surface area (TPSA) is 122 Å². The third kappa shape index (κ3) is 3.88. The zero-order valence-electron chi connectivity index (χ0n) is 16.4. The molecule has 0 saturated heterocycles. The Kier molecular flexibility index (Phi) is 4.97. The fourth-order valence-corrected chi connectivity index (χ4v) is 4.27. The van der Waals surface area contributed by atoms with Crippen LogP contribution in [0.3, 0.4) is 0 Å². The van der Waals surface area contributed by atoms with Gasteiger partial charge in [0.05, 0.1) is 10.9 Å². The molecule has 0 unspecified atom stereocenters. The zero-order valence-corrected chi connectivity index (χ0v) is 17.2. The maximum atomic E-state index is 12.8. The third-order valence-corrected chi connectivity index (χ3v) is 6.11. The van der Waals surface area contributed by atoms with E-state index in [4.69, 9.17) is 5.14 Å². The number of carbonyl (C=O) groups is 2. The smallest absolute Gasteiger partial charge is 0.268 e. The number of amides is 1. The van der Waals surface area contributed by atoms with Crippen molar-refractivity contribution in [1.82, 2.24) is 10.3 Å². The van der Waals surface area contributed by atoms with E-state index in [1.807, 2.05) is 13.8 Å². The summed E-state index contributed by atoms with van der Waals surface area (Å²) in [6, 6.07) is 5.69. The number of aromatic amines is 1. The first-order chi connectivity index (χ1) is 12.9. The van der Waals surface area contributed by atoms with Gasteiger partial charge in [0.15, 0.2) is 5.78 Å². The lowest BCUT2D eigenvalue weighted by molar-refractivity contribution is 0.0909. The molecule has 8 heteroatoms. The molecule has 0 fully saturated rings. The van der Waals surface area contributed by atoms with Crippen LogP contribution in [-0.4, -0.2) is 25.1 Å². The molecular weight excluding hydrogens is 378 g/mol. The molecule has 1 heterocycles. The summed E-state index contributed by atoms with van der Waals surface area (Å²) in [4.78, 5) is 28.5. The number of fused-ring (bicyclic) bond motifs is 1. The summed E-state index contributed by atoms with van der Waals surface area (Å²) in [6.45, 7) is 7.66. The average Bonchev–Trinajstić information content (AvgIpc) is 2.89. The van der Waals surface area contributed by atoms with Crippen LogP contribution in [0.25, 0.3) is 0 Å². The first-order valence-corrected chi connectivity index (χ1v) is 10.6. The molecule has 1 aliphatic carbocycles. The van der Waals surface area contributed by atoms with Gasteiger partial charge in [-0.15, -0.1) is 0 Å². The highest BCUT2D eigenvalue weighted by molar-refractivity contribution is 7.89. The van der Waals surface area contributed by atoms with Gasteiger partial charge in [-0.05, 0) is 48.9 Å². The van der Waals surface area contributed by atoms with E-state index in [-0.39, 0.29) is 28.0 Å². The minimum atomic E-state index is -3.76. The molecule has 2 aromatic rings. The lowest BCUT2D eigenvalue weighted by atomic mass is 9.75. The van der Waals surface area contributed by atoms with Gasteiger partial charge in [-0.1, -0.05) is 26.0 Å². The SMILES string of the molecule is Cc1c(C(=O)N[C@@H](C)c2ccc(S(N)(=O)=O)cc2)[nH]c2c1C(=O)CC(C)(C)C2. The highest BCUT2D eigenvalue weighted by Gasteiger charge is 2.35. The largest absolute Gasteiger partial charge is 0.354 e. The quantitative estimate of drug-likeness (QED) is 0.726. The van der Waals surface area contributed by atoms with Crippen LogP contribution in [0.15, 0.2) is 29.2 Å². The number of carbonyl (C=O) groups excluding carboxylic acids is 2. The van der Waals surface area contributed by atoms with Crippen molar-refractivity contribution in [3.63, 3.8) is 0 Å². The van der Waals surface area contributed by atoms with Gasteiger partial charge in [-0.2, -0.15) is 0 Å². The van der Waals surface area contributed by atoms with E-state index < -0.39 is 10.0 Å². The van der Waals surface area contributed by atoms with Crippen molar-refractivity contribution < 1.29 is 18.0 Å². The molecule has 28 heavy (non-hydrogen) atoms. The summed E-state index contributed by atoms with van der Waals surface area (Å²) >= 11 is 0. The van der Waals surface area contributed by atoms with Gasteiger partial charge >= 0.3 is 0 Å². The molecular formula is C20H25N3O4S. The van der Waals surface area contributed by atoms with Crippen LogP contribution in [0.1, 0.15) is 70.9 Å². The second-order valence-electron chi connectivity index (χ2n) is 8.23. The average molecular weight is 404 g/mol. The number of hydrogen-bond acceptors (Lipinski definition) is 4. The number of hydrogen-bond donors (Lipinski definition) is 3. The normalized spacial score (nSPS) is 17.1. The number of Topliss-reactive ketones (excluding diaryl/α,β-unsaturated/α-hetero) is 1. The summed E-state index contributed by atoms with van der Waals surface area (Å²) in [7, 11) is -3.76. The molecule has 3 rings (SSSR count). The van der Waals surface area contributed by atoms with E-state index >= 15 is 0 Å². The second kappa shape index (κ2) is 6.86. The first-order valence-electron chi connectivity index (χ1n) is 9.07. The minimum absolute atomic E-state index is 0.0174. The Balaban J connectivity index is 1.81. The number of ketones is 1. The molecule has 1 aliphatic rings. The van der Waals surface area contributed by atoms with Crippen molar-refractivity contribution in [3.05, 3.63) is 52.3 Å². The molecule has 0 aliphatic heterocycles. The Morgan fingerprint density at radius 2 is 1.82 bits per heavy atom. The van der Waals surface area contributed by atoms with Gasteiger partial charge in [0, 0.05) is 17.7 Å². The molecule has 1 amide bonds. The van der Waals surface area contributed by atoms with Crippen LogP contribution in [0.4, 0.5) is 0 Å². The number of aromatic nitrogens is 1. The van der Waals surface area contributed by atoms with Crippen molar-refractivity contribution in [2.75, 3.05) is 0 Å². The Hall–Kier alpha value is -2.45. The van der Waals surface area contributed by atoms with Crippen LogP contribution in [0, 0.1) is 12.3 Å². The predicted molar refractivity (Wildman–Crippen MR) is 106 cm³/mol. The van der Waals surface area contributed by atoms with E-state index in [0.29, 0.717) is 29.7 Å². The minimum Gasteiger partial charge on any atom is -0.354 e. The van der Waals surface area contributed by atoms with Crippen LogP contribution in [-0.2, 0) is 16.4 Å². The number of rotatable bonds is 4. The highest BCUT2D eigenvalue weighted by atomic mass is 32.2. The molecule has 150 valence electrons. The Morgan fingerprint density at radius 3 is 2.39 bits per heavy atom. The molecule has 1 aromatic carbocycles. The van der Waals surface area contributed by atoms with Crippen molar-refractivity contribution >= 4 is 21.7 Å². The van der Waals surface area contributed by atoms with E-state index in [9.17, 15) is 18.0 Å². The molecule has 1 atom stereocenters. The van der Waals surface area contributed by atoms with Gasteiger partial charge in [-0.25, -0.2) is 13.6 Å². The van der Waals surface area contributed by atoms with Crippen molar-refractivity contribution in [2.24, 2.45) is 10.6 Å². The summed E-state index contributed by atoms with van der Waals surface area (Å²) < 4.78 is 22.7. The maximum Gasteiger partial charge on any atom is 0.268 e. The van der Waals surface area contributed by atoms with Gasteiger partial charge < -0.3 is 10.3 Å². The van der Waals surface area contributed by atoms with Crippen molar-refractivity contribution in [3.8, 4) is 0 Å². The Bertz CT molecular complexity index is 1050. The summed E-state index contributed by atoms with van der Waals surface area (Å²) in [6.07, 6.45) is 1.18. The fraction of sp³-hybridized carbons (Fsp3) is 0.400. The van der Waals surface area contributed by atoms with Gasteiger partial charge in [0.2, 0.25) is 10.0 Å². The van der Waals surface area contributed by atoms with Crippen molar-refractivity contribution in [2.45, 2.75) is 51.5 Å². The number of H-pyrrole nitrogens is 1. The van der Waals surface area contributed by atoms with E-state index in [2.05, 4.69) is 10.3 Å². The standard InChI is InChI=1S/C20H25N3O4S/c1-11-17-15(9-20(3,4)10-16(17)24)23-18(11)19(25)22-12(2)13-5-7-14(8-6-13)28(21,26)27/h5-8,12,23H,9-10H2,1-4H3,(H,22,25)(H2,21,26,27)/t12-/m0/s1. The molecule has 0 saturated carbocycles. The molecule has 0 spiro atoms. The van der Waals surface area contributed by atoms with Crippen molar-refractivity contribution in [1.29, 1.82) is 0 Å². The lowest BCUT2D eigenvalue weighted by Gasteiger charge is -2.28. The lowest BCUT2D eigenvalue weighted by Crippen LogP contribution is -2.27. The Labute approximate surface area is 164 Å². The highest BCUT2D eigenvalue weighted by Crippen LogP contribution is 2.36.